The van der Waals surface area contributed by atoms with Crippen molar-refractivity contribution < 1.29 is 4.39 Å². The minimum absolute atomic E-state index is 0.163. The Hall–Kier alpha value is -0.600. The first-order valence-electron chi connectivity index (χ1n) is 6.52. The molecule has 1 aromatic rings. The number of rotatable bonds is 5. The van der Waals surface area contributed by atoms with Gasteiger partial charge < -0.3 is 5.32 Å². The van der Waals surface area contributed by atoms with Crippen molar-refractivity contribution >= 4 is 11.6 Å². The smallest absolute Gasteiger partial charge is 0.141 e. The molecule has 1 nitrogen and oxygen atoms in total. The van der Waals surface area contributed by atoms with Gasteiger partial charge in [0.05, 0.1) is 5.02 Å². The van der Waals surface area contributed by atoms with E-state index in [1.54, 1.807) is 6.07 Å². The average molecular weight is 272 g/mol. The van der Waals surface area contributed by atoms with Crippen LogP contribution in [0.4, 0.5) is 4.39 Å². The van der Waals surface area contributed by atoms with E-state index >= 15 is 0 Å². The van der Waals surface area contributed by atoms with E-state index < -0.39 is 0 Å². The van der Waals surface area contributed by atoms with Crippen LogP contribution in [0.1, 0.15) is 39.7 Å². The summed E-state index contributed by atoms with van der Waals surface area (Å²) in [5.41, 5.74) is 1.24. The van der Waals surface area contributed by atoms with Gasteiger partial charge in [0.2, 0.25) is 0 Å². The molecule has 0 saturated carbocycles. The molecule has 18 heavy (non-hydrogen) atoms. The lowest BCUT2D eigenvalue weighted by Gasteiger charge is -2.32. The maximum absolute atomic E-state index is 13.1. The highest BCUT2D eigenvalue weighted by Gasteiger charge is 2.24. The van der Waals surface area contributed by atoms with Crippen LogP contribution in [0, 0.1) is 11.2 Å². The minimum Gasteiger partial charge on any atom is -0.313 e. The summed E-state index contributed by atoms with van der Waals surface area (Å²) in [5.74, 6) is -0.353. The summed E-state index contributed by atoms with van der Waals surface area (Å²) in [7, 11) is 0. The van der Waals surface area contributed by atoms with Gasteiger partial charge in [0, 0.05) is 6.04 Å². The van der Waals surface area contributed by atoms with E-state index in [1.165, 1.54) is 6.07 Å². The Labute approximate surface area is 115 Å². The lowest BCUT2D eigenvalue weighted by molar-refractivity contribution is 0.267. The molecule has 0 spiro atoms. The second-order valence-electron chi connectivity index (χ2n) is 5.83. The van der Waals surface area contributed by atoms with Gasteiger partial charge in [-0.05, 0) is 42.5 Å². The molecule has 0 amide bonds. The molecule has 3 heteroatoms. The molecule has 0 saturated heterocycles. The third-order valence-corrected chi connectivity index (χ3v) is 3.40. The summed E-state index contributed by atoms with van der Waals surface area (Å²) in [4.78, 5) is 0. The van der Waals surface area contributed by atoms with Crippen LogP contribution in [0.3, 0.4) is 0 Å². The molecule has 0 aliphatic heterocycles. The van der Waals surface area contributed by atoms with Crippen LogP contribution in [-0.4, -0.2) is 12.6 Å². The molecule has 1 atom stereocenters. The molecule has 0 bridgehead atoms. The first-order chi connectivity index (χ1) is 8.34. The maximum atomic E-state index is 13.1. The molecule has 0 heterocycles. The van der Waals surface area contributed by atoms with Crippen LogP contribution in [0.15, 0.2) is 18.2 Å². The summed E-state index contributed by atoms with van der Waals surface area (Å²) in [6.07, 6.45) is 1.97. The van der Waals surface area contributed by atoms with Crippen LogP contribution in [0.25, 0.3) is 0 Å². The number of halogens is 2. The largest absolute Gasteiger partial charge is 0.313 e. The molecule has 0 fully saturated rings. The third-order valence-electron chi connectivity index (χ3n) is 3.11. The standard InChI is InChI=1S/C15H23ClFN/c1-5-8-18-14(15(2,3)4)10-11-6-7-13(17)12(16)9-11/h6-7,9,14,18H,5,8,10H2,1-4H3. The van der Waals surface area contributed by atoms with Crippen molar-refractivity contribution in [3.8, 4) is 0 Å². The van der Waals surface area contributed by atoms with E-state index in [9.17, 15) is 4.39 Å². The first-order valence-corrected chi connectivity index (χ1v) is 6.89. The third kappa shape index (κ3) is 4.58. The minimum atomic E-state index is -0.353. The van der Waals surface area contributed by atoms with Gasteiger partial charge in [-0.3, -0.25) is 0 Å². The van der Waals surface area contributed by atoms with Crippen molar-refractivity contribution in [2.75, 3.05) is 6.54 Å². The Morgan fingerprint density at radius 2 is 2.00 bits per heavy atom. The second kappa shape index (κ2) is 6.53. The van der Waals surface area contributed by atoms with Crippen molar-refractivity contribution in [3.63, 3.8) is 0 Å². The van der Waals surface area contributed by atoms with Gasteiger partial charge in [0.25, 0.3) is 0 Å². The Morgan fingerprint density at radius 1 is 1.33 bits per heavy atom. The second-order valence-corrected chi connectivity index (χ2v) is 6.23. The van der Waals surface area contributed by atoms with E-state index in [-0.39, 0.29) is 16.3 Å². The number of hydrogen-bond acceptors (Lipinski definition) is 1. The van der Waals surface area contributed by atoms with Crippen molar-refractivity contribution in [1.29, 1.82) is 0 Å². The zero-order valence-corrected chi connectivity index (χ0v) is 12.4. The van der Waals surface area contributed by atoms with Gasteiger partial charge in [0.1, 0.15) is 5.82 Å². The SMILES string of the molecule is CCCNC(Cc1ccc(F)c(Cl)c1)C(C)(C)C. The number of benzene rings is 1. The van der Waals surface area contributed by atoms with E-state index in [1.807, 2.05) is 6.07 Å². The predicted molar refractivity (Wildman–Crippen MR) is 76.7 cm³/mol. The van der Waals surface area contributed by atoms with Crippen LogP contribution in [0.2, 0.25) is 5.02 Å². The normalized spacial score (nSPS) is 13.7. The van der Waals surface area contributed by atoms with E-state index in [4.69, 9.17) is 11.6 Å². The van der Waals surface area contributed by atoms with Gasteiger partial charge in [-0.25, -0.2) is 4.39 Å². The molecule has 1 aromatic carbocycles. The van der Waals surface area contributed by atoms with Gasteiger partial charge >= 0.3 is 0 Å². The van der Waals surface area contributed by atoms with Crippen molar-refractivity contribution in [3.05, 3.63) is 34.6 Å². The van der Waals surface area contributed by atoms with Crippen molar-refractivity contribution in [2.24, 2.45) is 5.41 Å². The number of nitrogens with one attached hydrogen (secondary N) is 1. The molecule has 1 unspecified atom stereocenters. The lowest BCUT2D eigenvalue weighted by atomic mass is 9.83. The summed E-state index contributed by atoms with van der Waals surface area (Å²) < 4.78 is 13.1. The zero-order chi connectivity index (χ0) is 13.8. The molecule has 1 N–H and O–H groups in total. The molecule has 0 aliphatic carbocycles. The first kappa shape index (κ1) is 15.5. The van der Waals surface area contributed by atoms with Crippen molar-refractivity contribution in [1.82, 2.24) is 5.32 Å². The van der Waals surface area contributed by atoms with Gasteiger partial charge in [0.15, 0.2) is 0 Å². The average Bonchev–Trinajstić information content (AvgIpc) is 2.27. The summed E-state index contributed by atoms with van der Waals surface area (Å²) in [6, 6.07) is 5.34. The highest BCUT2D eigenvalue weighted by molar-refractivity contribution is 6.30. The molecule has 1 rings (SSSR count). The fourth-order valence-corrected chi connectivity index (χ4v) is 2.11. The number of hydrogen-bond donors (Lipinski definition) is 1. The van der Waals surface area contributed by atoms with E-state index in [0.717, 1.165) is 24.9 Å². The molecular formula is C15H23ClFN. The van der Waals surface area contributed by atoms with E-state index in [2.05, 4.69) is 33.0 Å². The lowest BCUT2D eigenvalue weighted by Crippen LogP contribution is -2.42. The molecule has 102 valence electrons. The summed E-state index contributed by atoms with van der Waals surface area (Å²) >= 11 is 5.82. The predicted octanol–water partition coefficient (Wildman–Crippen LogP) is 4.44. The molecule has 0 aromatic heterocycles. The Bertz CT molecular complexity index is 385. The maximum Gasteiger partial charge on any atom is 0.141 e. The Kier molecular flexibility index (Phi) is 5.61. The summed E-state index contributed by atoms with van der Waals surface area (Å²) in [5, 5.41) is 3.76. The monoisotopic (exact) mass is 271 g/mol. The Morgan fingerprint density at radius 3 is 2.50 bits per heavy atom. The van der Waals surface area contributed by atoms with Gasteiger partial charge in [-0.15, -0.1) is 0 Å². The van der Waals surface area contributed by atoms with E-state index in [0.29, 0.717) is 6.04 Å². The van der Waals surface area contributed by atoms with Crippen molar-refractivity contribution in [2.45, 2.75) is 46.6 Å². The highest BCUT2D eigenvalue weighted by Crippen LogP contribution is 2.24. The Balaban J connectivity index is 2.79. The van der Waals surface area contributed by atoms with Gasteiger partial charge in [-0.2, -0.15) is 0 Å². The molecule has 0 aliphatic rings. The van der Waals surface area contributed by atoms with Crippen LogP contribution < -0.4 is 5.32 Å². The van der Waals surface area contributed by atoms with Crippen LogP contribution in [0.5, 0.6) is 0 Å². The fourth-order valence-electron chi connectivity index (χ4n) is 1.91. The molecular weight excluding hydrogens is 249 g/mol. The fraction of sp³-hybridized carbons (Fsp3) is 0.600. The molecule has 0 radical (unpaired) electrons. The zero-order valence-electron chi connectivity index (χ0n) is 11.7. The summed E-state index contributed by atoms with van der Waals surface area (Å²) in [6.45, 7) is 9.79. The van der Waals surface area contributed by atoms with Crippen LogP contribution in [-0.2, 0) is 6.42 Å². The van der Waals surface area contributed by atoms with Crippen LogP contribution >= 0.6 is 11.6 Å². The highest BCUT2D eigenvalue weighted by atomic mass is 35.5. The topological polar surface area (TPSA) is 12.0 Å². The van der Waals surface area contributed by atoms with Gasteiger partial charge in [-0.1, -0.05) is 45.4 Å². The quantitative estimate of drug-likeness (QED) is 0.835.